The van der Waals surface area contributed by atoms with Crippen molar-refractivity contribution >= 4 is 0 Å². The van der Waals surface area contributed by atoms with Gasteiger partial charge in [0.2, 0.25) is 0 Å². The Morgan fingerprint density at radius 3 is 2.16 bits per heavy atom. The van der Waals surface area contributed by atoms with Gasteiger partial charge in [0.15, 0.2) is 0 Å². The van der Waals surface area contributed by atoms with Gasteiger partial charge in [-0.1, -0.05) is 6.92 Å². The summed E-state index contributed by atoms with van der Waals surface area (Å²) in [5.41, 5.74) is 8.24. The van der Waals surface area contributed by atoms with Gasteiger partial charge < -0.3 is 4.57 Å². The third-order valence-electron chi connectivity index (χ3n) is 5.08. The summed E-state index contributed by atoms with van der Waals surface area (Å²) in [5, 5.41) is 9.34. The molecule has 0 spiro atoms. The standard InChI is InChI=1S/C19H28N6/c1-7-8-24-17(6)19(15(4)22-24)18-11-20-12-23(18)9-10-25-16(5)13(2)14(3)21-25/h11-12H,7-10H2,1-6H3. The molecular weight excluding hydrogens is 312 g/mol. The molecule has 0 saturated heterocycles. The highest BCUT2D eigenvalue weighted by molar-refractivity contribution is 5.64. The van der Waals surface area contributed by atoms with E-state index in [4.69, 9.17) is 5.10 Å². The molecule has 134 valence electrons. The van der Waals surface area contributed by atoms with Gasteiger partial charge in [-0.05, 0) is 46.6 Å². The number of aromatic nitrogens is 6. The van der Waals surface area contributed by atoms with Crippen LogP contribution in [0.1, 0.15) is 41.7 Å². The van der Waals surface area contributed by atoms with Crippen molar-refractivity contribution in [2.45, 2.75) is 67.6 Å². The molecule has 0 saturated carbocycles. The molecule has 0 aliphatic carbocycles. The van der Waals surface area contributed by atoms with E-state index in [1.807, 2.05) is 12.5 Å². The number of hydrogen-bond acceptors (Lipinski definition) is 3. The molecule has 3 rings (SSSR count). The Balaban J connectivity index is 1.87. The molecule has 0 N–H and O–H groups in total. The largest absolute Gasteiger partial charge is 0.329 e. The first-order chi connectivity index (χ1) is 11.9. The molecule has 0 aliphatic heterocycles. The minimum atomic E-state index is 0.838. The maximum atomic E-state index is 4.70. The summed E-state index contributed by atoms with van der Waals surface area (Å²) in [6.07, 6.45) is 4.93. The minimum absolute atomic E-state index is 0.838. The summed E-state index contributed by atoms with van der Waals surface area (Å²) in [6.45, 7) is 15.4. The van der Waals surface area contributed by atoms with Crippen molar-refractivity contribution in [3.05, 3.63) is 40.9 Å². The summed E-state index contributed by atoms with van der Waals surface area (Å²) in [4.78, 5) is 4.39. The molecule has 0 amide bonds. The predicted molar refractivity (Wildman–Crippen MR) is 99.7 cm³/mol. The monoisotopic (exact) mass is 340 g/mol. The molecule has 25 heavy (non-hydrogen) atoms. The van der Waals surface area contributed by atoms with Gasteiger partial charge in [-0.3, -0.25) is 9.36 Å². The summed E-state index contributed by atoms with van der Waals surface area (Å²) in [6, 6.07) is 0. The van der Waals surface area contributed by atoms with Crippen LogP contribution in [0.2, 0.25) is 0 Å². The Labute approximate surface area is 149 Å². The van der Waals surface area contributed by atoms with Crippen LogP contribution in [-0.2, 0) is 19.6 Å². The fourth-order valence-electron chi connectivity index (χ4n) is 3.41. The summed E-state index contributed by atoms with van der Waals surface area (Å²) in [5.74, 6) is 0. The van der Waals surface area contributed by atoms with Crippen LogP contribution in [0.4, 0.5) is 0 Å². The molecule has 0 fully saturated rings. The third-order valence-corrected chi connectivity index (χ3v) is 5.08. The molecular formula is C19H28N6. The van der Waals surface area contributed by atoms with Gasteiger partial charge in [0.1, 0.15) is 0 Å². The van der Waals surface area contributed by atoms with E-state index < -0.39 is 0 Å². The average Bonchev–Trinajstić information content (AvgIpc) is 3.20. The smallest absolute Gasteiger partial charge is 0.0951 e. The number of hydrogen-bond donors (Lipinski definition) is 0. The first-order valence-electron chi connectivity index (χ1n) is 8.99. The van der Waals surface area contributed by atoms with E-state index in [2.05, 4.69) is 65.6 Å². The fraction of sp³-hybridized carbons (Fsp3) is 0.526. The second-order valence-corrected chi connectivity index (χ2v) is 6.76. The number of nitrogens with zero attached hydrogens (tertiary/aromatic N) is 6. The fourth-order valence-corrected chi connectivity index (χ4v) is 3.41. The van der Waals surface area contributed by atoms with E-state index in [-0.39, 0.29) is 0 Å². The average molecular weight is 340 g/mol. The molecule has 0 atom stereocenters. The van der Waals surface area contributed by atoms with Crippen LogP contribution in [0.15, 0.2) is 12.5 Å². The first-order valence-corrected chi connectivity index (χ1v) is 8.99. The Hall–Kier alpha value is -2.37. The predicted octanol–water partition coefficient (Wildman–Crippen LogP) is 3.60. The molecule has 3 heterocycles. The summed E-state index contributed by atoms with van der Waals surface area (Å²) < 4.78 is 6.40. The normalized spacial score (nSPS) is 11.4. The van der Waals surface area contributed by atoms with Crippen LogP contribution in [0.25, 0.3) is 11.3 Å². The lowest BCUT2D eigenvalue weighted by molar-refractivity contribution is 0.523. The van der Waals surface area contributed by atoms with Gasteiger partial charge in [-0.2, -0.15) is 10.2 Å². The molecule has 0 aliphatic rings. The van der Waals surface area contributed by atoms with E-state index in [9.17, 15) is 0 Å². The van der Waals surface area contributed by atoms with Gasteiger partial charge in [0.05, 0.1) is 36.2 Å². The number of rotatable bonds is 6. The maximum absolute atomic E-state index is 4.70. The van der Waals surface area contributed by atoms with Crippen molar-refractivity contribution in [1.29, 1.82) is 0 Å². The molecule has 0 aromatic carbocycles. The Morgan fingerprint density at radius 1 is 0.840 bits per heavy atom. The minimum Gasteiger partial charge on any atom is -0.329 e. The highest BCUT2D eigenvalue weighted by Gasteiger charge is 2.17. The van der Waals surface area contributed by atoms with Crippen molar-refractivity contribution < 1.29 is 0 Å². The van der Waals surface area contributed by atoms with Crippen LogP contribution in [0.5, 0.6) is 0 Å². The topological polar surface area (TPSA) is 53.5 Å². The van der Waals surface area contributed by atoms with Crippen molar-refractivity contribution in [3.8, 4) is 11.3 Å². The van der Waals surface area contributed by atoms with E-state index in [0.29, 0.717) is 0 Å². The zero-order valence-electron chi connectivity index (χ0n) is 16.2. The molecule has 0 radical (unpaired) electrons. The van der Waals surface area contributed by atoms with E-state index in [0.717, 1.165) is 43.1 Å². The molecule has 3 aromatic heterocycles. The van der Waals surface area contributed by atoms with E-state index in [1.165, 1.54) is 22.5 Å². The Kier molecular flexibility index (Phi) is 4.79. The Bertz CT molecular complexity index is 880. The highest BCUT2D eigenvalue weighted by atomic mass is 15.3. The zero-order chi connectivity index (χ0) is 18.1. The summed E-state index contributed by atoms with van der Waals surface area (Å²) in [7, 11) is 0. The van der Waals surface area contributed by atoms with Gasteiger partial charge in [-0.15, -0.1) is 0 Å². The number of aryl methyl sites for hydroxylation is 5. The van der Waals surface area contributed by atoms with Crippen LogP contribution in [0.3, 0.4) is 0 Å². The quantitative estimate of drug-likeness (QED) is 0.689. The van der Waals surface area contributed by atoms with Crippen molar-refractivity contribution in [1.82, 2.24) is 29.1 Å². The van der Waals surface area contributed by atoms with E-state index in [1.54, 1.807) is 0 Å². The van der Waals surface area contributed by atoms with Crippen molar-refractivity contribution in [2.75, 3.05) is 0 Å². The first kappa shape index (κ1) is 17.5. The molecule has 6 heteroatoms. The van der Waals surface area contributed by atoms with Gasteiger partial charge >= 0.3 is 0 Å². The maximum Gasteiger partial charge on any atom is 0.0951 e. The van der Waals surface area contributed by atoms with Gasteiger partial charge in [-0.25, -0.2) is 4.98 Å². The molecule has 0 unspecified atom stereocenters. The lowest BCUT2D eigenvalue weighted by Gasteiger charge is -2.10. The highest BCUT2D eigenvalue weighted by Crippen LogP contribution is 2.27. The lowest BCUT2D eigenvalue weighted by Crippen LogP contribution is -2.10. The van der Waals surface area contributed by atoms with Gasteiger partial charge in [0.25, 0.3) is 0 Å². The lowest BCUT2D eigenvalue weighted by atomic mass is 10.1. The Morgan fingerprint density at radius 2 is 1.52 bits per heavy atom. The zero-order valence-corrected chi connectivity index (χ0v) is 16.2. The number of imidazole rings is 1. The second kappa shape index (κ2) is 6.86. The van der Waals surface area contributed by atoms with Crippen LogP contribution in [0, 0.1) is 34.6 Å². The molecule has 6 nitrogen and oxygen atoms in total. The van der Waals surface area contributed by atoms with Crippen molar-refractivity contribution in [2.24, 2.45) is 0 Å². The summed E-state index contributed by atoms with van der Waals surface area (Å²) >= 11 is 0. The molecule has 3 aromatic rings. The SMILES string of the molecule is CCCn1nc(C)c(-c2cncn2CCn2nc(C)c(C)c2C)c1C. The van der Waals surface area contributed by atoms with E-state index >= 15 is 0 Å². The van der Waals surface area contributed by atoms with Crippen LogP contribution in [-0.4, -0.2) is 29.1 Å². The van der Waals surface area contributed by atoms with Crippen molar-refractivity contribution in [3.63, 3.8) is 0 Å². The molecule has 0 bridgehead atoms. The van der Waals surface area contributed by atoms with Crippen LogP contribution < -0.4 is 0 Å². The second-order valence-electron chi connectivity index (χ2n) is 6.76. The van der Waals surface area contributed by atoms with Gasteiger partial charge in [0, 0.05) is 30.0 Å². The third kappa shape index (κ3) is 3.13. The van der Waals surface area contributed by atoms with Crippen LogP contribution >= 0.6 is 0 Å².